The molecule has 13 heavy (non-hydrogen) atoms. The largest absolute Gasteiger partial charge is 0.487 e. The van der Waals surface area contributed by atoms with Crippen molar-refractivity contribution in [3.05, 3.63) is 23.0 Å². The fraction of sp³-hybridized carbons (Fsp3) is 0.500. The summed E-state index contributed by atoms with van der Waals surface area (Å²) in [5.74, 6) is 0.723. The molecule has 1 aromatic rings. The van der Waals surface area contributed by atoms with Crippen molar-refractivity contribution in [2.75, 3.05) is 0 Å². The van der Waals surface area contributed by atoms with Gasteiger partial charge in [-0.1, -0.05) is 18.5 Å². The number of aryl methyl sites for hydroxylation is 1. The van der Waals surface area contributed by atoms with E-state index in [-0.39, 0.29) is 0 Å². The molecule has 3 heteroatoms. The lowest BCUT2D eigenvalue weighted by Crippen LogP contribution is -1.98. The quantitative estimate of drug-likeness (QED) is 0.696. The second-order valence-electron chi connectivity index (χ2n) is 3.26. The Morgan fingerprint density at radius 3 is 2.85 bits per heavy atom. The zero-order valence-corrected chi connectivity index (χ0v) is 8.34. The van der Waals surface area contributed by atoms with E-state index in [2.05, 4.69) is 11.9 Å². The summed E-state index contributed by atoms with van der Waals surface area (Å²) in [7, 11) is 0. The molecule has 0 aliphatic heterocycles. The number of halogens is 1. The van der Waals surface area contributed by atoms with Gasteiger partial charge in [-0.05, 0) is 31.4 Å². The van der Waals surface area contributed by atoms with Crippen LogP contribution in [0.2, 0.25) is 5.15 Å². The number of nitrogens with zero attached hydrogens (tertiary/aromatic N) is 1. The molecule has 2 rings (SSSR count). The molecule has 1 fully saturated rings. The van der Waals surface area contributed by atoms with Crippen LogP contribution in [0.5, 0.6) is 5.75 Å². The minimum Gasteiger partial charge on any atom is -0.487 e. The lowest BCUT2D eigenvalue weighted by molar-refractivity contribution is 0.302. The first-order valence-corrected chi connectivity index (χ1v) is 4.99. The van der Waals surface area contributed by atoms with Crippen molar-refractivity contribution in [1.29, 1.82) is 0 Å². The van der Waals surface area contributed by atoms with Crippen LogP contribution in [-0.2, 0) is 6.42 Å². The van der Waals surface area contributed by atoms with Gasteiger partial charge in [0.2, 0.25) is 0 Å². The highest BCUT2D eigenvalue weighted by molar-refractivity contribution is 6.30. The lowest BCUT2D eigenvalue weighted by atomic mass is 10.3. The lowest BCUT2D eigenvalue weighted by Gasteiger charge is -2.06. The number of ether oxygens (including phenoxy) is 1. The summed E-state index contributed by atoms with van der Waals surface area (Å²) in [4.78, 5) is 4.21. The van der Waals surface area contributed by atoms with Gasteiger partial charge >= 0.3 is 0 Å². The van der Waals surface area contributed by atoms with Crippen LogP contribution >= 0.6 is 11.6 Å². The first-order chi connectivity index (χ1) is 6.29. The van der Waals surface area contributed by atoms with E-state index >= 15 is 0 Å². The summed E-state index contributed by atoms with van der Waals surface area (Å²) in [6.45, 7) is 2.06. The summed E-state index contributed by atoms with van der Waals surface area (Å²) in [6.07, 6.45) is 3.58. The summed E-state index contributed by atoms with van der Waals surface area (Å²) >= 11 is 5.94. The van der Waals surface area contributed by atoms with Crippen LogP contribution in [-0.4, -0.2) is 11.1 Å². The van der Waals surface area contributed by atoms with E-state index in [1.807, 2.05) is 12.1 Å². The van der Waals surface area contributed by atoms with E-state index in [0.717, 1.165) is 30.7 Å². The van der Waals surface area contributed by atoms with Crippen molar-refractivity contribution in [3.63, 3.8) is 0 Å². The Morgan fingerprint density at radius 2 is 2.31 bits per heavy atom. The molecule has 0 aromatic carbocycles. The maximum atomic E-state index is 5.94. The van der Waals surface area contributed by atoms with E-state index < -0.39 is 0 Å². The molecule has 2 nitrogen and oxygen atoms in total. The minimum atomic E-state index is 0.381. The molecule has 1 aliphatic carbocycles. The highest BCUT2D eigenvalue weighted by Crippen LogP contribution is 2.30. The van der Waals surface area contributed by atoms with Gasteiger partial charge in [-0.15, -0.1) is 0 Å². The molecule has 0 atom stereocenters. The second-order valence-corrected chi connectivity index (χ2v) is 3.62. The molecule has 1 heterocycles. The van der Waals surface area contributed by atoms with E-state index in [1.165, 1.54) is 0 Å². The van der Waals surface area contributed by atoms with E-state index in [0.29, 0.717) is 11.3 Å². The van der Waals surface area contributed by atoms with Gasteiger partial charge < -0.3 is 4.74 Å². The summed E-state index contributed by atoms with van der Waals surface area (Å²) in [6, 6.07) is 3.87. The molecule has 0 amide bonds. The number of hydrogen-bond acceptors (Lipinski definition) is 2. The molecule has 1 saturated carbocycles. The summed E-state index contributed by atoms with van der Waals surface area (Å²) in [5, 5.41) is 0.492. The SMILES string of the molecule is CCc1ccc(OC2CC2)c(Cl)n1. The highest BCUT2D eigenvalue weighted by atomic mass is 35.5. The predicted octanol–water partition coefficient (Wildman–Crippen LogP) is 2.84. The molecule has 0 radical (unpaired) electrons. The number of pyridine rings is 1. The van der Waals surface area contributed by atoms with Crippen LogP contribution < -0.4 is 4.74 Å². The number of aromatic nitrogens is 1. The molecule has 0 spiro atoms. The van der Waals surface area contributed by atoms with Crippen molar-refractivity contribution in [2.24, 2.45) is 0 Å². The fourth-order valence-corrected chi connectivity index (χ4v) is 1.33. The average molecular weight is 198 g/mol. The van der Waals surface area contributed by atoms with E-state index in [9.17, 15) is 0 Å². The van der Waals surface area contributed by atoms with Crippen molar-refractivity contribution in [2.45, 2.75) is 32.3 Å². The first-order valence-electron chi connectivity index (χ1n) is 4.61. The maximum Gasteiger partial charge on any atom is 0.171 e. The zero-order valence-electron chi connectivity index (χ0n) is 7.59. The van der Waals surface area contributed by atoms with Crippen molar-refractivity contribution in [3.8, 4) is 5.75 Å². The van der Waals surface area contributed by atoms with Crippen LogP contribution in [0.1, 0.15) is 25.5 Å². The smallest absolute Gasteiger partial charge is 0.171 e. The maximum absolute atomic E-state index is 5.94. The summed E-state index contributed by atoms with van der Waals surface area (Å²) < 4.78 is 5.56. The van der Waals surface area contributed by atoms with Gasteiger partial charge in [0.25, 0.3) is 0 Å². The molecular weight excluding hydrogens is 186 g/mol. The van der Waals surface area contributed by atoms with Gasteiger partial charge in [0.05, 0.1) is 6.10 Å². The van der Waals surface area contributed by atoms with Gasteiger partial charge in [-0.25, -0.2) is 4.98 Å². The topological polar surface area (TPSA) is 22.1 Å². The van der Waals surface area contributed by atoms with Gasteiger partial charge in [0.1, 0.15) is 0 Å². The first kappa shape index (κ1) is 8.82. The third-order valence-electron chi connectivity index (χ3n) is 2.05. The van der Waals surface area contributed by atoms with Crippen molar-refractivity contribution in [1.82, 2.24) is 4.98 Å². The molecule has 1 aliphatic rings. The third kappa shape index (κ3) is 2.13. The second kappa shape index (κ2) is 3.54. The van der Waals surface area contributed by atoms with Crippen LogP contribution in [0.15, 0.2) is 12.1 Å². The Hall–Kier alpha value is -0.760. The normalized spacial score (nSPS) is 15.8. The van der Waals surface area contributed by atoms with Crippen molar-refractivity contribution < 1.29 is 4.74 Å². The fourth-order valence-electron chi connectivity index (χ4n) is 1.11. The number of rotatable bonds is 3. The van der Waals surface area contributed by atoms with Gasteiger partial charge in [-0.3, -0.25) is 0 Å². The van der Waals surface area contributed by atoms with Crippen LogP contribution in [0, 0.1) is 0 Å². The van der Waals surface area contributed by atoms with Gasteiger partial charge in [0.15, 0.2) is 10.9 Å². The third-order valence-corrected chi connectivity index (χ3v) is 2.32. The van der Waals surface area contributed by atoms with Gasteiger partial charge in [-0.2, -0.15) is 0 Å². The van der Waals surface area contributed by atoms with E-state index in [4.69, 9.17) is 16.3 Å². The Balaban J connectivity index is 2.15. The average Bonchev–Trinajstić information content (AvgIpc) is 2.92. The Bertz CT molecular complexity index is 310. The standard InChI is InChI=1S/C10H12ClNO/c1-2-7-3-6-9(10(11)12-7)13-8-4-5-8/h3,6,8H,2,4-5H2,1H3. The molecule has 0 unspecified atom stereocenters. The summed E-state index contributed by atoms with van der Waals surface area (Å²) in [5.41, 5.74) is 1.01. The molecule has 70 valence electrons. The van der Waals surface area contributed by atoms with Crippen LogP contribution in [0.4, 0.5) is 0 Å². The van der Waals surface area contributed by atoms with Gasteiger partial charge in [0, 0.05) is 5.69 Å². The number of hydrogen-bond donors (Lipinski definition) is 0. The zero-order chi connectivity index (χ0) is 9.26. The highest BCUT2D eigenvalue weighted by Gasteiger charge is 2.24. The Kier molecular flexibility index (Phi) is 2.40. The molecule has 0 N–H and O–H groups in total. The van der Waals surface area contributed by atoms with Crippen LogP contribution in [0.3, 0.4) is 0 Å². The molecular formula is C10H12ClNO. The Labute approximate surface area is 82.9 Å². The minimum absolute atomic E-state index is 0.381. The molecule has 0 bridgehead atoms. The molecule has 1 aromatic heterocycles. The molecule has 0 saturated heterocycles. The van der Waals surface area contributed by atoms with E-state index in [1.54, 1.807) is 0 Å². The van der Waals surface area contributed by atoms with Crippen molar-refractivity contribution >= 4 is 11.6 Å². The Morgan fingerprint density at radius 1 is 1.54 bits per heavy atom. The predicted molar refractivity (Wildman–Crippen MR) is 52.3 cm³/mol. The monoisotopic (exact) mass is 197 g/mol. The van der Waals surface area contributed by atoms with Crippen LogP contribution in [0.25, 0.3) is 0 Å².